The van der Waals surface area contributed by atoms with E-state index in [-0.39, 0.29) is 42.8 Å². The molecule has 24 heavy (non-hydrogen) atoms. The van der Waals surface area contributed by atoms with Crippen LogP contribution in [0.2, 0.25) is 0 Å². The molecular formula is C15H29FINO6. The predicted octanol–water partition coefficient (Wildman–Crippen LogP) is 3.10. The zero-order valence-corrected chi connectivity index (χ0v) is 17.0. The number of carbonyl (C=O) groups excluding carboxylic acids is 2. The van der Waals surface area contributed by atoms with Crippen LogP contribution in [0, 0.1) is 0 Å². The van der Waals surface area contributed by atoms with Gasteiger partial charge >= 0.3 is 18.0 Å². The Hall–Kier alpha value is -1.26. The summed E-state index contributed by atoms with van der Waals surface area (Å²) in [6.45, 7) is 7.19. The number of carboxylic acids is 2. The second-order valence-electron chi connectivity index (χ2n) is 4.36. The van der Waals surface area contributed by atoms with E-state index in [1.807, 2.05) is 6.92 Å². The number of hydrogen-bond acceptors (Lipinski definition) is 4. The van der Waals surface area contributed by atoms with E-state index in [4.69, 9.17) is 15.0 Å². The number of nitrogens with zero attached hydrogens (tertiary/aromatic N) is 1. The van der Waals surface area contributed by atoms with Crippen LogP contribution in [-0.4, -0.2) is 52.1 Å². The van der Waals surface area contributed by atoms with Crippen molar-refractivity contribution in [3.05, 3.63) is 0 Å². The van der Waals surface area contributed by atoms with Gasteiger partial charge in [0.15, 0.2) is 0 Å². The van der Waals surface area contributed by atoms with Crippen LogP contribution in [0.1, 0.15) is 59.8 Å². The molecule has 0 spiro atoms. The molecule has 0 fully saturated rings. The van der Waals surface area contributed by atoms with Gasteiger partial charge in [-0.2, -0.15) is 4.39 Å². The minimum absolute atomic E-state index is 0. The topological polar surface area (TPSA) is 112 Å². The fourth-order valence-electron chi connectivity index (χ4n) is 1.09. The molecule has 0 rings (SSSR count). The number of hydrogen-bond donors (Lipinski definition) is 2. The standard InChI is InChI=1S/C7H13NO3.C5H10O2.C3H5FO.HI/c1-3-6(9)8(4-2)5-7(10)11;1-2-3-4-5(6)7;1-2-3(4)5;/h3-5H2,1-2H3,(H,10,11);2-4H2,1H3,(H,6,7);2H2,1H3;1H. The van der Waals surface area contributed by atoms with Crippen LogP contribution in [0.15, 0.2) is 0 Å². The second-order valence-corrected chi connectivity index (χ2v) is 4.36. The maximum Gasteiger partial charge on any atom is 0.323 e. The van der Waals surface area contributed by atoms with Crippen molar-refractivity contribution in [3.8, 4) is 0 Å². The highest BCUT2D eigenvalue weighted by Crippen LogP contribution is 1.92. The van der Waals surface area contributed by atoms with Crippen LogP contribution in [0.5, 0.6) is 0 Å². The molecule has 1 amide bonds. The number of carbonyl (C=O) groups is 4. The second kappa shape index (κ2) is 21.7. The molecule has 0 aromatic heterocycles. The molecule has 0 atom stereocenters. The summed E-state index contributed by atoms with van der Waals surface area (Å²) in [6, 6.07) is -1.25. The highest BCUT2D eigenvalue weighted by atomic mass is 127. The highest BCUT2D eigenvalue weighted by molar-refractivity contribution is 14.0. The molecule has 0 aliphatic rings. The zero-order chi connectivity index (χ0) is 18.8. The molecule has 0 unspecified atom stereocenters. The molecule has 0 radical (unpaired) electrons. The summed E-state index contributed by atoms with van der Waals surface area (Å²) < 4.78 is 10.8. The van der Waals surface area contributed by atoms with E-state index in [1.54, 1.807) is 13.8 Å². The molecule has 0 aliphatic heterocycles. The van der Waals surface area contributed by atoms with Gasteiger partial charge in [0.05, 0.1) is 0 Å². The lowest BCUT2D eigenvalue weighted by atomic mass is 10.3. The Kier molecular flexibility index (Phi) is 27.7. The van der Waals surface area contributed by atoms with Crippen molar-refractivity contribution in [2.24, 2.45) is 0 Å². The first kappa shape index (κ1) is 30.6. The van der Waals surface area contributed by atoms with Gasteiger partial charge in [-0.3, -0.25) is 19.2 Å². The van der Waals surface area contributed by atoms with E-state index in [2.05, 4.69) is 0 Å². The summed E-state index contributed by atoms with van der Waals surface area (Å²) in [5.41, 5.74) is 0. The Balaban J connectivity index is -0.000000133. The third kappa shape index (κ3) is 28.8. The van der Waals surface area contributed by atoms with E-state index in [0.717, 1.165) is 12.8 Å². The molecule has 0 aliphatic carbocycles. The average molecular weight is 465 g/mol. The molecule has 2 N–H and O–H groups in total. The van der Waals surface area contributed by atoms with Gasteiger partial charge in [-0.1, -0.05) is 27.2 Å². The first-order valence-corrected chi connectivity index (χ1v) is 7.55. The van der Waals surface area contributed by atoms with Crippen LogP contribution in [0.4, 0.5) is 4.39 Å². The molecule has 0 saturated carbocycles. The van der Waals surface area contributed by atoms with E-state index in [1.165, 1.54) is 11.8 Å². The van der Waals surface area contributed by atoms with Gasteiger partial charge in [0.1, 0.15) is 6.54 Å². The number of likely N-dealkylation sites (N-methyl/N-ethyl adjacent to an activating group) is 1. The van der Waals surface area contributed by atoms with Gasteiger partial charge in [-0.05, 0) is 13.3 Å². The predicted molar refractivity (Wildman–Crippen MR) is 99.2 cm³/mol. The summed E-state index contributed by atoms with van der Waals surface area (Å²) in [5, 5.41) is 16.4. The van der Waals surface area contributed by atoms with Gasteiger partial charge in [-0.25, -0.2) is 0 Å². The lowest BCUT2D eigenvalue weighted by Crippen LogP contribution is -2.34. The van der Waals surface area contributed by atoms with E-state index < -0.39 is 18.0 Å². The summed E-state index contributed by atoms with van der Waals surface area (Å²) >= 11 is 0. The van der Waals surface area contributed by atoms with Gasteiger partial charge in [0.25, 0.3) is 0 Å². The third-order valence-electron chi connectivity index (χ3n) is 2.39. The summed E-state index contributed by atoms with van der Waals surface area (Å²) in [4.78, 5) is 41.3. The SMILES string of the molecule is CCC(=O)F.CCC(=O)N(CC)CC(=O)O.CCCCC(=O)O.I. The lowest BCUT2D eigenvalue weighted by Gasteiger charge is -2.16. The quantitative estimate of drug-likeness (QED) is 0.421. The molecule has 0 aromatic carbocycles. The van der Waals surface area contributed by atoms with Crippen LogP contribution in [0.25, 0.3) is 0 Å². The highest BCUT2D eigenvalue weighted by Gasteiger charge is 2.11. The van der Waals surface area contributed by atoms with E-state index >= 15 is 0 Å². The number of halogens is 2. The first-order valence-electron chi connectivity index (χ1n) is 7.55. The van der Waals surface area contributed by atoms with Gasteiger partial charge in [0.2, 0.25) is 5.91 Å². The van der Waals surface area contributed by atoms with Crippen molar-refractivity contribution < 1.29 is 33.8 Å². The van der Waals surface area contributed by atoms with Crippen LogP contribution < -0.4 is 0 Å². The first-order chi connectivity index (χ1) is 10.7. The summed E-state index contributed by atoms with van der Waals surface area (Å²) in [6.07, 6.45) is 2.44. The number of rotatable bonds is 8. The molecule has 7 nitrogen and oxygen atoms in total. The number of amides is 1. The maximum atomic E-state index is 10.9. The molecule has 0 heterocycles. The largest absolute Gasteiger partial charge is 0.481 e. The molecule has 0 bridgehead atoms. The molecule has 144 valence electrons. The van der Waals surface area contributed by atoms with Crippen LogP contribution in [0.3, 0.4) is 0 Å². The molecular weight excluding hydrogens is 436 g/mol. The van der Waals surface area contributed by atoms with E-state index in [9.17, 15) is 18.8 Å². The Morgan fingerprint density at radius 2 is 1.38 bits per heavy atom. The van der Waals surface area contributed by atoms with E-state index in [0.29, 0.717) is 19.4 Å². The van der Waals surface area contributed by atoms with Crippen molar-refractivity contribution in [2.75, 3.05) is 13.1 Å². The maximum absolute atomic E-state index is 10.9. The van der Waals surface area contributed by atoms with Crippen molar-refractivity contribution in [2.45, 2.75) is 59.8 Å². The van der Waals surface area contributed by atoms with Gasteiger partial charge in [0, 0.05) is 25.8 Å². The fraction of sp³-hybridized carbons (Fsp3) is 0.733. The molecule has 9 heteroatoms. The van der Waals surface area contributed by atoms with Gasteiger partial charge < -0.3 is 15.1 Å². The Bertz CT molecular complexity index is 366. The number of carboxylic acid groups (broad SMARTS) is 2. The van der Waals surface area contributed by atoms with Crippen LogP contribution >= 0.6 is 24.0 Å². The Labute approximate surface area is 159 Å². The fourth-order valence-corrected chi connectivity index (χ4v) is 1.09. The van der Waals surface area contributed by atoms with Crippen molar-refractivity contribution in [1.82, 2.24) is 4.90 Å². The van der Waals surface area contributed by atoms with Gasteiger partial charge in [-0.15, -0.1) is 24.0 Å². The molecule has 0 aromatic rings. The Morgan fingerprint density at radius 3 is 1.54 bits per heavy atom. The van der Waals surface area contributed by atoms with Crippen molar-refractivity contribution in [3.63, 3.8) is 0 Å². The number of unbranched alkanes of at least 4 members (excludes halogenated alkanes) is 1. The third-order valence-corrected chi connectivity index (χ3v) is 2.39. The molecule has 0 saturated heterocycles. The average Bonchev–Trinajstić information content (AvgIpc) is 2.50. The Morgan fingerprint density at radius 1 is 0.917 bits per heavy atom. The zero-order valence-electron chi connectivity index (χ0n) is 14.7. The smallest absolute Gasteiger partial charge is 0.323 e. The summed E-state index contributed by atoms with van der Waals surface area (Å²) in [7, 11) is 0. The lowest BCUT2D eigenvalue weighted by molar-refractivity contribution is -0.144. The minimum Gasteiger partial charge on any atom is -0.481 e. The van der Waals surface area contributed by atoms with Crippen LogP contribution in [-0.2, 0) is 19.2 Å². The number of aliphatic carboxylic acids is 2. The normalized spacial score (nSPS) is 8.38. The van der Waals surface area contributed by atoms with Crippen molar-refractivity contribution >= 4 is 47.9 Å². The monoisotopic (exact) mass is 465 g/mol. The minimum atomic E-state index is -1.25. The summed E-state index contributed by atoms with van der Waals surface area (Å²) in [5.74, 6) is -1.77. The van der Waals surface area contributed by atoms with Crippen molar-refractivity contribution in [1.29, 1.82) is 0 Å².